The largest absolute Gasteiger partial charge is 0.445 e. The van der Waals surface area contributed by atoms with Gasteiger partial charge in [0.15, 0.2) is 5.83 Å². The number of fused-ring (bicyclic) bond motifs is 2. The fourth-order valence-electron chi connectivity index (χ4n) is 4.27. The third-order valence-corrected chi connectivity index (χ3v) is 5.64. The summed E-state index contributed by atoms with van der Waals surface area (Å²) in [5, 5.41) is 0. The summed E-state index contributed by atoms with van der Waals surface area (Å²) in [4.78, 5) is 26.8. The molecule has 0 N–H and O–H groups in total. The minimum absolute atomic E-state index is 0.0944. The molecule has 0 radical (unpaired) electrons. The second-order valence-corrected chi connectivity index (χ2v) is 7.49. The molecule has 28 heavy (non-hydrogen) atoms. The van der Waals surface area contributed by atoms with Crippen LogP contribution >= 0.6 is 0 Å². The van der Waals surface area contributed by atoms with E-state index in [9.17, 15) is 22.8 Å². The Labute approximate surface area is 162 Å². The van der Waals surface area contributed by atoms with Crippen molar-refractivity contribution in [2.75, 3.05) is 0 Å². The van der Waals surface area contributed by atoms with E-state index in [1.807, 2.05) is 30.3 Å². The number of nitrogens with zero attached hydrogens (tertiary/aromatic N) is 1. The highest BCUT2D eigenvalue weighted by Crippen LogP contribution is 2.38. The van der Waals surface area contributed by atoms with E-state index in [0.717, 1.165) is 24.8 Å². The van der Waals surface area contributed by atoms with Gasteiger partial charge in [-0.2, -0.15) is 8.78 Å². The minimum Gasteiger partial charge on any atom is -0.445 e. The molecule has 2 heterocycles. The Kier molecular flexibility index (Phi) is 6.75. The summed E-state index contributed by atoms with van der Waals surface area (Å²) in [6.07, 6.45) is -0.00994. The first-order valence-corrected chi connectivity index (χ1v) is 9.67. The lowest BCUT2D eigenvalue weighted by atomic mass is 9.76. The fourth-order valence-corrected chi connectivity index (χ4v) is 4.27. The van der Waals surface area contributed by atoms with E-state index in [1.54, 1.807) is 4.90 Å². The van der Waals surface area contributed by atoms with E-state index in [0.29, 0.717) is 12.8 Å². The summed E-state index contributed by atoms with van der Waals surface area (Å²) in [7, 11) is 0. The van der Waals surface area contributed by atoms with Gasteiger partial charge in [0.2, 0.25) is 0 Å². The van der Waals surface area contributed by atoms with Crippen LogP contribution in [0.25, 0.3) is 0 Å². The van der Waals surface area contributed by atoms with Crippen molar-refractivity contribution in [3.8, 4) is 0 Å². The Bertz CT molecular complexity index is 720. The summed E-state index contributed by atoms with van der Waals surface area (Å²) in [6, 6.07) is 9.22. The van der Waals surface area contributed by atoms with E-state index in [4.69, 9.17) is 4.74 Å². The van der Waals surface area contributed by atoms with Crippen LogP contribution < -0.4 is 0 Å². The normalized spacial score (nSPS) is 23.8. The maximum absolute atomic E-state index is 13.0. The quantitative estimate of drug-likeness (QED) is 0.649. The van der Waals surface area contributed by atoms with Crippen molar-refractivity contribution in [1.82, 2.24) is 4.90 Å². The molecule has 0 spiro atoms. The van der Waals surface area contributed by atoms with Gasteiger partial charge in [-0.15, -0.1) is 0 Å². The first kappa shape index (κ1) is 20.4. The molecule has 2 atom stereocenters. The summed E-state index contributed by atoms with van der Waals surface area (Å²) in [5.74, 6) is -2.04. The molecule has 3 rings (SSSR count). The van der Waals surface area contributed by atoms with Gasteiger partial charge >= 0.3 is 12.2 Å². The van der Waals surface area contributed by atoms with E-state index in [-0.39, 0.29) is 42.9 Å². The zero-order valence-corrected chi connectivity index (χ0v) is 15.6. The Balaban J connectivity index is 1.57. The lowest BCUT2D eigenvalue weighted by molar-refractivity contribution is -0.126. The smallest absolute Gasteiger partial charge is 0.410 e. The van der Waals surface area contributed by atoms with Crippen molar-refractivity contribution in [1.29, 1.82) is 0 Å². The SMILES string of the molecule is O=C(CCC(F)=C(F)F)C1CC2CCCC(C1)N2C(=O)OCc1ccccc1. The Hall–Kier alpha value is -2.31. The fraction of sp³-hybridized carbons (Fsp3) is 0.524. The van der Waals surface area contributed by atoms with Crippen LogP contribution in [0.2, 0.25) is 0 Å². The minimum atomic E-state index is -2.36. The summed E-state index contributed by atoms with van der Waals surface area (Å²) in [5.41, 5.74) is 0.904. The third kappa shape index (κ3) is 4.94. The molecule has 152 valence electrons. The Morgan fingerprint density at radius 1 is 1.00 bits per heavy atom. The number of carbonyl (C=O) groups is 2. The first-order valence-electron chi connectivity index (χ1n) is 9.67. The number of ether oxygens (including phenoxy) is 1. The first-order chi connectivity index (χ1) is 13.5. The highest BCUT2D eigenvalue weighted by molar-refractivity contribution is 5.82. The number of halogens is 3. The van der Waals surface area contributed by atoms with E-state index in [2.05, 4.69) is 0 Å². The van der Waals surface area contributed by atoms with Crippen LogP contribution in [-0.2, 0) is 16.1 Å². The van der Waals surface area contributed by atoms with Crippen molar-refractivity contribution in [3.05, 3.63) is 47.8 Å². The maximum atomic E-state index is 13.0. The molecule has 4 nitrogen and oxygen atoms in total. The molecule has 2 bridgehead atoms. The molecule has 1 aromatic carbocycles. The maximum Gasteiger partial charge on any atom is 0.410 e. The van der Waals surface area contributed by atoms with Crippen molar-refractivity contribution >= 4 is 11.9 Å². The molecule has 2 aliphatic heterocycles. The van der Waals surface area contributed by atoms with Gasteiger partial charge in [0.1, 0.15) is 12.4 Å². The Morgan fingerprint density at radius 2 is 1.64 bits per heavy atom. The van der Waals surface area contributed by atoms with Crippen LogP contribution in [0.4, 0.5) is 18.0 Å². The number of piperidine rings is 2. The van der Waals surface area contributed by atoms with Gasteiger partial charge in [-0.3, -0.25) is 4.79 Å². The molecule has 2 fully saturated rings. The number of rotatable bonds is 6. The van der Waals surface area contributed by atoms with E-state index >= 15 is 0 Å². The van der Waals surface area contributed by atoms with Gasteiger partial charge in [-0.1, -0.05) is 30.3 Å². The van der Waals surface area contributed by atoms with Crippen LogP contribution in [0.1, 0.15) is 50.5 Å². The molecule has 7 heteroatoms. The molecule has 2 aliphatic rings. The number of carbonyl (C=O) groups excluding carboxylic acids is 2. The van der Waals surface area contributed by atoms with E-state index in [1.165, 1.54) is 0 Å². The van der Waals surface area contributed by atoms with E-state index < -0.39 is 18.3 Å². The standard InChI is InChI=1S/C21H24F3NO3/c22-18(20(23)24)9-10-19(26)15-11-16-7-4-8-17(12-15)25(16)21(27)28-13-14-5-2-1-3-6-14/h1-3,5-6,15-17H,4,7-13H2. The molecule has 2 unspecified atom stereocenters. The van der Waals surface area contributed by atoms with Gasteiger partial charge in [-0.05, 0) is 37.7 Å². The predicted molar refractivity (Wildman–Crippen MR) is 97.2 cm³/mol. The summed E-state index contributed by atoms with van der Waals surface area (Å²) < 4.78 is 42.8. The van der Waals surface area contributed by atoms with Crippen molar-refractivity contribution in [3.63, 3.8) is 0 Å². The van der Waals surface area contributed by atoms with Gasteiger partial charge in [0.25, 0.3) is 0 Å². The molecule has 2 saturated heterocycles. The predicted octanol–water partition coefficient (Wildman–Crippen LogP) is 5.38. The van der Waals surface area contributed by atoms with Gasteiger partial charge < -0.3 is 9.64 Å². The summed E-state index contributed by atoms with van der Waals surface area (Å²) >= 11 is 0. The van der Waals surface area contributed by atoms with Crippen molar-refractivity contribution in [2.24, 2.45) is 5.92 Å². The third-order valence-electron chi connectivity index (χ3n) is 5.64. The molecule has 1 amide bonds. The van der Waals surface area contributed by atoms with Crippen LogP contribution in [0, 0.1) is 5.92 Å². The molecule has 0 aliphatic carbocycles. The molecule has 1 aromatic rings. The molecule has 0 saturated carbocycles. The summed E-state index contributed by atoms with van der Waals surface area (Å²) in [6.45, 7) is 0.193. The zero-order chi connectivity index (χ0) is 20.1. The molecule has 0 aromatic heterocycles. The van der Waals surface area contributed by atoms with Gasteiger partial charge in [0.05, 0.1) is 0 Å². The lowest BCUT2D eigenvalue weighted by Gasteiger charge is -2.47. The number of hydrogen-bond acceptors (Lipinski definition) is 3. The molecular weight excluding hydrogens is 371 g/mol. The van der Waals surface area contributed by atoms with Gasteiger partial charge in [-0.25, -0.2) is 9.18 Å². The monoisotopic (exact) mass is 395 g/mol. The average molecular weight is 395 g/mol. The van der Waals surface area contributed by atoms with Crippen LogP contribution in [0.3, 0.4) is 0 Å². The number of ketones is 1. The number of amides is 1. The number of allylic oxidation sites excluding steroid dienone is 1. The van der Waals surface area contributed by atoms with Crippen LogP contribution in [0.5, 0.6) is 0 Å². The van der Waals surface area contributed by atoms with Crippen molar-refractivity contribution < 1.29 is 27.5 Å². The topological polar surface area (TPSA) is 46.6 Å². The lowest BCUT2D eigenvalue weighted by Crippen LogP contribution is -2.55. The average Bonchev–Trinajstić information content (AvgIpc) is 2.69. The molecular formula is C21H24F3NO3. The number of Topliss-reactive ketones (excluding diaryl/α,β-unsaturated/α-hetero) is 1. The highest BCUT2D eigenvalue weighted by Gasteiger charge is 2.43. The second kappa shape index (κ2) is 9.26. The van der Waals surface area contributed by atoms with Crippen LogP contribution in [-0.4, -0.2) is 28.9 Å². The van der Waals surface area contributed by atoms with Crippen molar-refractivity contribution in [2.45, 2.75) is 63.6 Å². The zero-order valence-electron chi connectivity index (χ0n) is 15.6. The van der Waals surface area contributed by atoms with Gasteiger partial charge in [0, 0.05) is 30.8 Å². The number of benzene rings is 1. The second-order valence-electron chi connectivity index (χ2n) is 7.49. The number of hydrogen-bond donors (Lipinski definition) is 0. The Morgan fingerprint density at radius 3 is 2.25 bits per heavy atom. The highest BCUT2D eigenvalue weighted by atomic mass is 19.3. The van der Waals surface area contributed by atoms with Crippen LogP contribution in [0.15, 0.2) is 42.2 Å².